The van der Waals surface area contributed by atoms with Gasteiger partial charge >= 0.3 is 0 Å². The fourth-order valence-electron chi connectivity index (χ4n) is 4.13. The van der Waals surface area contributed by atoms with E-state index in [0.29, 0.717) is 11.8 Å². The highest BCUT2D eigenvalue weighted by molar-refractivity contribution is 6.00. The lowest BCUT2D eigenvalue weighted by Gasteiger charge is -2.12. The predicted molar refractivity (Wildman–Crippen MR) is 120 cm³/mol. The third-order valence-electron chi connectivity index (χ3n) is 5.61. The summed E-state index contributed by atoms with van der Waals surface area (Å²) in [7, 11) is 5.91. The molecular weight excluding hydrogens is 380 g/mol. The summed E-state index contributed by atoms with van der Waals surface area (Å²) in [6.45, 7) is 1.54. The molecule has 0 spiro atoms. The monoisotopic (exact) mass is 408 g/mol. The molecule has 7 nitrogen and oxygen atoms in total. The van der Waals surface area contributed by atoms with E-state index in [1.807, 2.05) is 33.3 Å². The molecule has 4 aromatic rings. The molecule has 7 heteroatoms. The molecule has 4 rings (SSSR count). The van der Waals surface area contributed by atoms with Crippen molar-refractivity contribution in [3.05, 3.63) is 41.5 Å². The van der Waals surface area contributed by atoms with Gasteiger partial charge in [-0.3, -0.25) is 0 Å². The van der Waals surface area contributed by atoms with Crippen molar-refractivity contribution in [2.75, 3.05) is 34.2 Å². The van der Waals surface area contributed by atoms with Gasteiger partial charge in [0, 0.05) is 22.8 Å². The molecule has 0 amide bonds. The first-order valence-electron chi connectivity index (χ1n) is 10.1. The zero-order valence-corrected chi connectivity index (χ0v) is 17.5. The molecule has 2 aromatic carbocycles. The van der Waals surface area contributed by atoms with Gasteiger partial charge in [-0.2, -0.15) is 0 Å². The van der Waals surface area contributed by atoms with Gasteiger partial charge in [0.1, 0.15) is 5.75 Å². The SMILES string of the molecule is CNCCc1c(-c2[nH]c3ccc(O)c(O)c3c2CCN(C)C)[nH]c2cccc(O)c12. The Labute approximate surface area is 175 Å². The number of aromatic nitrogens is 2. The molecule has 2 heterocycles. The Morgan fingerprint density at radius 2 is 1.50 bits per heavy atom. The number of phenolic OH excluding ortho intramolecular Hbond substituents is 3. The Kier molecular flexibility index (Phi) is 5.32. The second-order valence-corrected chi connectivity index (χ2v) is 7.92. The average molecular weight is 409 g/mol. The Morgan fingerprint density at radius 3 is 2.17 bits per heavy atom. The molecule has 0 radical (unpaired) electrons. The minimum Gasteiger partial charge on any atom is -0.507 e. The van der Waals surface area contributed by atoms with Crippen molar-refractivity contribution in [3.8, 4) is 28.6 Å². The molecule has 0 bridgehead atoms. The maximum absolute atomic E-state index is 10.6. The van der Waals surface area contributed by atoms with Gasteiger partial charge in [0.15, 0.2) is 11.5 Å². The van der Waals surface area contributed by atoms with Crippen LogP contribution >= 0.6 is 0 Å². The molecule has 0 atom stereocenters. The number of hydrogen-bond acceptors (Lipinski definition) is 5. The van der Waals surface area contributed by atoms with E-state index in [9.17, 15) is 15.3 Å². The number of fused-ring (bicyclic) bond motifs is 2. The Balaban J connectivity index is 2.01. The maximum atomic E-state index is 10.6. The van der Waals surface area contributed by atoms with Crippen molar-refractivity contribution in [1.29, 1.82) is 0 Å². The fraction of sp³-hybridized carbons (Fsp3) is 0.304. The standard InChI is InChI=1S/C23H28N4O3/c1-24-11-9-13-19-15(5-4-6-17(19)28)25-21(13)22-14(10-12-27(2)3)20-16(26-22)7-8-18(29)23(20)30/h4-8,24-26,28-30H,9-12H2,1-3H3. The van der Waals surface area contributed by atoms with Crippen LogP contribution in [0.15, 0.2) is 30.3 Å². The molecular formula is C23H28N4O3. The molecule has 0 aliphatic heterocycles. The Morgan fingerprint density at radius 1 is 0.833 bits per heavy atom. The average Bonchev–Trinajstić information content (AvgIpc) is 3.26. The number of nitrogens with zero attached hydrogens (tertiary/aromatic N) is 1. The Hall–Kier alpha value is -3.16. The summed E-state index contributed by atoms with van der Waals surface area (Å²) in [6, 6.07) is 8.74. The lowest BCUT2D eigenvalue weighted by molar-refractivity contribution is 0.406. The quantitative estimate of drug-likeness (QED) is 0.263. The van der Waals surface area contributed by atoms with Gasteiger partial charge in [0.25, 0.3) is 0 Å². The van der Waals surface area contributed by atoms with E-state index in [4.69, 9.17) is 0 Å². The highest BCUT2D eigenvalue weighted by Gasteiger charge is 2.23. The van der Waals surface area contributed by atoms with Gasteiger partial charge in [0.05, 0.1) is 16.9 Å². The molecule has 158 valence electrons. The van der Waals surface area contributed by atoms with Crippen LogP contribution in [0.2, 0.25) is 0 Å². The summed E-state index contributed by atoms with van der Waals surface area (Å²) in [6.07, 6.45) is 1.41. The number of hydrogen-bond donors (Lipinski definition) is 6. The largest absolute Gasteiger partial charge is 0.507 e. The highest BCUT2D eigenvalue weighted by atomic mass is 16.3. The van der Waals surface area contributed by atoms with Gasteiger partial charge in [-0.05, 0) is 75.9 Å². The summed E-state index contributed by atoms with van der Waals surface area (Å²) in [5.74, 6) is -0.00381. The summed E-state index contributed by atoms with van der Waals surface area (Å²) >= 11 is 0. The van der Waals surface area contributed by atoms with E-state index >= 15 is 0 Å². The van der Waals surface area contributed by atoms with Gasteiger partial charge in [0.2, 0.25) is 0 Å². The molecule has 0 saturated heterocycles. The van der Waals surface area contributed by atoms with Crippen LogP contribution < -0.4 is 5.32 Å². The molecule has 2 aromatic heterocycles. The van der Waals surface area contributed by atoms with E-state index in [2.05, 4.69) is 20.2 Å². The van der Waals surface area contributed by atoms with Crippen molar-refractivity contribution in [2.45, 2.75) is 12.8 Å². The molecule has 0 aliphatic rings. The minimum atomic E-state index is -0.135. The van der Waals surface area contributed by atoms with E-state index in [1.54, 1.807) is 12.1 Å². The number of rotatable bonds is 7. The van der Waals surface area contributed by atoms with E-state index < -0.39 is 0 Å². The van der Waals surface area contributed by atoms with Crippen molar-refractivity contribution in [2.24, 2.45) is 0 Å². The number of nitrogens with one attached hydrogen (secondary N) is 3. The van der Waals surface area contributed by atoms with Crippen molar-refractivity contribution < 1.29 is 15.3 Å². The second kappa shape index (κ2) is 7.93. The van der Waals surface area contributed by atoms with E-state index in [-0.39, 0.29) is 17.2 Å². The zero-order chi connectivity index (χ0) is 21.4. The van der Waals surface area contributed by atoms with Crippen LogP contribution in [-0.2, 0) is 12.8 Å². The number of H-pyrrole nitrogens is 2. The topological polar surface area (TPSA) is 108 Å². The van der Waals surface area contributed by atoms with Crippen LogP contribution in [-0.4, -0.2) is 64.4 Å². The molecule has 0 fully saturated rings. The summed E-state index contributed by atoms with van der Waals surface area (Å²) in [5, 5.41) is 35.9. The molecule has 30 heavy (non-hydrogen) atoms. The third kappa shape index (κ3) is 3.36. The molecule has 0 aliphatic carbocycles. The summed E-state index contributed by atoms with van der Waals surface area (Å²) in [5.41, 5.74) is 5.33. The second-order valence-electron chi connectivity index (χ2n) is 7.92. The lowest BCUT2D eigenvalue weighted by atomic mass is 10.00. The van der Waals surface area contributed by atoms with Gasteiger partial charge in [-0.25, -0.2) is 0 Å². The van der Waals surface area contributed by atoms with Crippen LogP contribution in [0.3, 0.4) is 0 Å². The highest BCUT2D eigenvalue weighted by Crippen LogP contribution is 2.43. The van der Waals surface area contributed by atoms with Crippen LogP contribution in [0, 0.1) is 0 Å². The van der Waals surface area contributed by atoms with Gasteiger partial charge in [-0.1, -0.05) is 6.07 Å². The van der Waals surface area contributed by atoms with Crippen LogP contribution in [0.4, 0.5) is 0 Å². The first-order chi connectivity index (χ1) is 14.4. The molecule has 0 saturated carbocycles. The number of likely N-dealkylation sites (N-methyl/N-ethyl adjacent to an activating group) is 2. The lowest BCUT2D eigenvalue weighted by Crippen LogP contribution is -2.15. The smallest absolute Gasteiger partial charge is 0.167 e. The molecule has 6 N–H and O–H groups in total. The minimum absolute atomic E-state index is 0.112. The number of aromatic amines is 2. The van der Waals surface area contributed by atoms with Gasteiger partial charge in [-0.15, -0.1) is 0 Å². The maximum Gasteiger partial charge on any atom is 0.167 e. The number of aromatic hydroxyl groups is 3. The van der Waals surface area contributed by atoms with Crippen molar-refractivity contribution in [3.63, 3.8) is 0 Å². The van der Waals surface area contributed by atoms with Crippen molar-refractivity contribution >= 4 is 21.8 Å². The fourth-order valence-corrected chi connectivity index (χ4v) is 4.13. The molecule has 0 unspecified atom stereocenters. The summed E-state index contributed by atoms with van der Waals surface area (Å²) < 4.78 is 0. The third-order valence-corrected chi connectivity index (χ3v) is 5.61. The summed E-state index contributed by atoms with van der Waals surface area (Å²) in [4.78, 5) is 9.01. The predicted octanol–water partition coefficient (Wildman–Crippen LogP) is 3.30. The van der Waals surface area contributed by atoms with E-state index in [0.717, 1.165) is 58.4 Å². The van der Waals surface area contributed by atoms with Crippen LogP contribution in [0.5, 0.6) is 17.2 Å². The normalized spacial score (nSPS) is 11.9. The van der Waals surface area contributed by atoms with Crippen LogP contribution in [0.25, 0.3) is 33.2 Å². The van der Waals surface area contributed by atoms with Crippen molar-refractivity contribution in [1.82, 2.24) is 20.2 Å². The Bertz CT molecular complexity index is 1210. The zero-order valence-electron chi connectivity index (χ0n) is 17.5. The van der Waals surface area contributed by atoms with Gasteiger partial charge < -0.3 is 35.5 Å². The first kappa shape index (κ1) is 20.1. The number of phenols is 3. The number of benzene rings is 2. The first-order valence-corrected chi connectivity index (χ1v) is 10.1. The van der Waals surface area contributed by atoms with Crippen LogP contribution in [0.1, 0.15) is 11.1 Å². The van der Waals surface area contributed by atoms with E-state index in [1.165, 1.54) is 6.07 Å².